The fourth-order valence-electron chi connectivity index (χ4n) is 2.05. The predicted molar refractivity (Wildman–Crippen MR) is 77.5 cm³/mol. The van der Waals surface area contributed by atoms with Crippen molar-refractivity contribution in [1.29, 1.82) is 0 Å². The van der Waals surface area contributed by atoms with Crippen molar-refractivity contribution in [3.8, 4) is 5.75 Å². The molecule has 0 atom stereocenters. The van der Waals surface area contributed by atoms with Crippen molar-refractivity contribution in [3.63, 3.8) is 0 Å². The number of hydrogen-bond acceptors (Lipinski definition) is 4. The number of rotatable bonds is 0. The molecule has 2 aliphatic rings. The van der Waals surface area contributed by atoms with Gasteiger partial charge in [0.05, 0.1) is 11.1 Å². The van der Waals surface area contributed by atoms with Gasteiger partial charge in [-0.25, -0.2) is 5.48 Å². The molecule has 5 nitrogen and oxygen atoms in total. The second-order valence-corrected chi connectivity index (χ2v) is 4.42. The van der Waals surface area contributed by atoms with Crippen LogP contribution in [0.5, 0.6) is 5.75 Å². The van der Waals surface area contributed by atoms with Crippen LogP contribution in [0, 0.1) is 0 Å². The quantitative estimate of drug-likeness (QED) is 0.725. The van der Waals surface area contributed by atoms with E-state index < -0.39 is 0 Å². The molecular formula is C16H12N2O3. The highest BCUT2D eigenvalue weighted by Gasteiger charge is 2.25. The van der Waals surface area contributed by atoms with Crippen molar-refractivity contribution in [2.45, 2.75) is 0 Å². The van der Waals surface area contributed by atoms with Crippen LogP contribution in [0.4, 0.5) is 0 Å². The first-order chi connectivity index (χ1) is 10.3. The van der Waals surface area contributed by atoms with Gasteiger partial charge in [-0.15, -0.1) is 0 Å². The van der Waals surface area contributed by atoms with E-state index in [1.807, 2.05) is 30.3 Å². The van der Waals surface area contributed by atoms with E-state index in [2.05, 4.69) is 10.8 Å². The second-order valence-electron chi connectivity index (χ2n) is 4.42. The summed E-state index contributed by atoms with van der Waals surface area (Å²) in [6, 6.07) is 14.6. The molecule has 4 rings (SSSR count). The van der Waals surface area contributed by atoms with Gasteiger partial charge >= 0.3 is 0 Å². The summed E-state index contributed by atoms with van der Waals surface area (Å²) in [6.45, 7) is 0. The molecule has 0 unspecified atom stereocenters. The Morgan fingerprint density at radius 1 is 0.810 bits per heavy atom. The molecule has 2 aromatic rings. The lowest BCUT2D eigenvalue weighted by Crippen LogP contribution is -2.19. The Bertz CT molecular complexity index is 705. The fourth-order valence-corrected chi connectivity index (χ4v) is 2.05. The Morgan fingerprint density at radius 3 is 2.10 bits per heavy atom. The minimum absolute atomic E-state index is 0.300. The number of para-hydroxylation sites is 1. The van der Waals surface area contributed by atoms with Crippen LogP contribution in [0.3, 0.4) is 0 Å². The lowest BCUT2D eigenvalue weighted by Gasteiger charge is -2.11. The summed E-state index contributed by atoms with van der Waals surface area (Å²) in [5.41, 5.74) is 4.71. The van der Waals surface area contributed by atoms with Crippen LogP contribution in [0.2, 0.25) is 0 Å². The average Bonchev–Trinajstić information content (AvgIpc) is 2.83. The van der Waals surface area contributed by atoms with Crippen molar-refractivity contribution in [3.05, 3.63) is 71.4 Å². The fraction of sp³-hybridized carbons (Fsp3) is 0. The molecule has 2 amide bonds. The Balaban J connectivity index is 0.000000126. The summed E-state index contributed by atoms with van der Waals surface area (Å²) in [5.74, 6) is 0.279. The highest BCUT2D eigenvalue weighted by Crippen LogP contribution is 2.20. The van der Waals surface area contributed by atoms with Gasteiger partial charge in [-0.1, -0.05) is 30.3 Å². The molecule has 0 aromatic heterocycles. The minimum atomic E-state index is -0.300. The number of hydroxylamine groups is 1. The smallest absolute Gasteiger partial charge is 0.258 e. The molecule has 0 radical (unpaired) electrons. The van der Waals surface area contributed by atoms with Crippen LogP contribution < -0.4 is 15.6 Å². The normalized spacial score (nSPS) is 13.9. The molecule has 2 aliphatic heterocycles. The number of amides is 2. The van der Waals surface area contributed by atoms with Crippen LogP contribution in [0.25, 0.3) is 6.08 Å². The van der Waals surface area contributed by atoms with Gasteiger partial charge in [0.15, 0.2) is 5.75 Å². The molecule has 2 heterocycles. The van der Waals surface area contributed by atoms with Crippen molar-refractivity contribution < 1.29 is 14.4 Å². The summed E-state index contributed by atoms with van der Waals surface area (Å²) >= 11 is 0. The molecule has 0 bridgehead atoms. The van der Waals surface area contributed by atoms with E-state index in [1.165, 1.54) is 0 Å². The monoisotopic (exact) mass is 280 g/mol. The van der Waals surface area contributed by atoms with E-state index in [0.717, 1.165) is 11.3 Å². The number of carbonyl (C=O) groups is 2. The molecule has 0 aliphatic carbocycles. The molecule has 0 fully saturated rings. The van der Waals surface area contributed by atoms with Crippen LogP contribution in [0.15, 0.2) is 54.7 Å². The van der Waals surface area contributed by atoms with Gasteiger partial charge in [0.25, 0.3) is 11.8 Å². The standard InChI is InChI=1S/C8H5NO2.C8H7NO/c10-7-5-3-1-2-4-6(5)8(11)9-7;1-2-4-8-7(3-1)5-6-9-10-8/h1-4H,(H,9,10,11);1-6,9H. The van der Waals surface area contributed by atoms with Gasteiger partial charge < -0.3 is 4.84 Å². The zero-order valence-electron chi connectivity index (χ0n) is 11.0. The largest absolute Gasteiger partial charge is 0.382 e. The maximum Gasteiger partial charge on any atom is 0.258 e. The molecule has 2 aromatic carbocycles. The number of benzene rings is 2. The third kappa shape index (κ3) is 2.62. The van der Waals surface area contributed by atoms with Crippen molar-refractivity contribution >= 4 is 17.9 Å². The van der Waals surface area contributed by atoms with Gasteiger partial charge in [-0.3, -0.25) is 14.9 Å². The van der Waals surface area contributed by atoms with Crippen LogP contribution >= 0.6 is 0 Å². The molecule has 0 saturated carbocycles. The summed E-state index contributed by atoms with van der Waals surface area (Å²) in [5, 5.41) is 2.20. The molecule has 21 heavy (non-hydrogen) atoms. The van der Waals surface area contributed by atoms with E-state index >= 15 is 0 Å². The first-order valence-electron chi connectivity index (χ1n) is 6.38. The Hall–Kier alpha value is -3.08. The SMILES string of the molecule is C1=Cc2ccccc2ON1.O=C1NC(=O)c2ccccc21. The molecule has 2 N–H and O–H groups in total. The first-order valence-corrected chi connectivity index (χ1v) is 6.38. The van der Waals surface area contributed by atoms with Gasteiger partial charge in [0.2, 0.25) is 0 Å². The summed E-state index contributed by atoms with van der Waals surface area (Å²) in [6.07, 6.45) is 3.74. The predicted octanol–water partition coefficient (Wildman–Crippen LogP) is 2.12. The molecular weight excluding hydrogens is 268 g/mol. The van der Waals surface area contributed by atoms with Crippen LogP contribution in [-0.2, 0) is 0 Å². The number of imide groups is 1. The summed E-state index contributed by atoms with van der Waals surface area (Å²) in [7, 11) is 0. The van der Waals surface area contributed by atoms with E-state index in [4.69, 9.17) is 4.84 Å². The molecule has 5 heteroatoms. The highest BCUT2D eigenvalue weighted by atomic mass is 16.6. The summed E-state index contributed by atoms with van der Waals surface area (Å²) < 4.78 is 0. The lowest BCUT2D eigenvalue weighted by atomic mass is 10.1. The number of hydrogen-bond donors (Lipinski definition) is 2. The number of fused-ring (bicyclic) bond motifs is 2. The number of carbonyl (C=O) groups excluding carboxylic acids is 2. The first kappa shape index (κ1) is 12.9. The minimum Gasteiger partial charge on any atom is -0.382 e. The maximum atomic E-state index is 10.9. The van der Waals surface area contributed by atoms with Crippen LogP contribution in [-0.4, -0.2) is 11.8 Å². The molecule has 104 valence electrons. The Morgan fingerprint density at radius 2 is 1.43 bits per heavy atom. The zero-order chi connectivity index (χ0) is 14.7. The average molecular weight is 280 g/mol. The Labute approximate surface area is 121 Å². The van der Waals surface area contributed by atoms with Gasteiger partial charge in [-0.2, -0.15) is 0 Å². The van der Waals surface area contributed by atoms with Gasteiger partial charge in [-0.05, 0) is 24.3 Å². The van der Waals surface area contributed by atoms with Crippen molar-refractivity contribution in [1.82, 2.24) is 10.8 Å². The molecule has 0 saturated heterocycles. The van der Waals surface area contributed by atoms with Crippen molar-refractivity contribution in [2.75, 3.05) is 0 Å². The third-order valence-corrected chi connectivity index (χ3v) is 3.06. The van der Waals surface area contributed by atoms with Crippen LogP contribution in [0.1, 0.15) is 26.3 Å². The highest BCUT2D eigenvalue weighted by molar-refractivity contribution is 6.21. The van der Waals surface area contributed by atoms with E-state index in [1.54, 1.807) is 30.5 Å². The second kappa shape index (κ2) is 5.50. The molecule has 0 spiro atoms. The van der Waals surface area contributed by atoms with E-state index in [9.17, 15) is 9.59 Å². The number of nitrogens with one attached hydrogen (secondary N) is 2. The van der Waals surface area contributed by atoms with Gasteiger partial charge in [0.1, 0.15) is 0 Å². The summed E-state index contributed by atoms with van der Waals surface area (Å²) in [4.78, 5) is 27.0. The van der Waals surface area contributed by atoms with Crippen molar-refractivity contribution in [2.24, 2.45) is 0 Å². The maximum absolute atomic E-state index is 10.9. The van der Waals surface area contributed by atoms with E-state index in [0.29, 0.717) is 11.1 Å². The van der Waals surface area contributed by atoms with E-state index in [-0.39, 0.29) is 11.8 Å². The Kier molecular flexibility index (Phi) is 3.39. The lowest BCUT2D eigenvalue weighted by molar-refractivity contribution is 0.0879. The topological polar surface area (TPSA) is 67.4 Å². The zero-order valence-corrected chi connectivity index (χ0v) is 11.0. The third-order valence-electron chi connectivity index (χ3n) is 3.06. The van der Waals surface area contributed by atoms with Gasteiger partial charge in [0, 0.05) is 11.8 Å².